The molecule has 0 bridgehead atoms. The molecule has 0 aliphatic carbocycles. The lowest BCUT2D eigenvalue weighted by atomic mass is 10.1. The van der Waals surface area contributed by atoms with Crippen LogP contribution in [0.5, 0.6) is 0 Å². The number of hydrogen-bond donors (Lipinski definition) is 2. The molecule has 60 valence electrons. The van der Waals surface area contributed by atoms with Gasteiger partial charge < -0.3 is 10.8 Å². The maximum absolute atomic E-state index is 10.8. The first-order valence-corrected chi connectivity index (χ1v) is 4.96. The highest BCUT2D eigenvalue weighted by Gasteiger charge is 2.35. The van der Waals surface area contributed by atoms with E-state index in [1.165, 1.54) is 0 Å². The summed E-state index contributed by atoms with van der Waals surface area (Å²) in [4.78, 5) is 0. The van der Waals surface area contributed by atoms with Crippen molar-refractivity contribution in [2.75, 3.05) is 18.1 Å². The van der Waals surface area contributed by atoms with E-state index in [0.717, 1.165) is 0 Å². The number of hydrogen-bond acceptors (Lipinski definition) is 4. The minimum Gasteiger partial charge on any atom is -0.392 e. The molecule has 5 heteroatoms. The second-order valence-electron chi connectivity index (χ2n) is 2.64. The van der Waals surface area contributed by atoms with Crippen LogP contribution in [0, 0.1) is 5.92 Å². The largest absolute Gasteiger partial charge is 0.392 e. The average Bonchev–Trinajstić information content (AvgIpc) is 2.05. The van der Waals surface area contributed by atoms with Gasteiger partial charge in [-0.3, -0.25) is 0 Å². The molecule has 1 heterocycles. The summed E-state index contributed by atoms with van der Waals surface area (Å²) in [5.41, 5.74) is 5.22. The molecule has 3 N–H and O–H groups in total. The molecule has 0 amide bonds. The van der Waals surface area contributed by atoms with Gasteiger partial charge in [-0.05, 0) is 6.54 Å². The third-order valence-corrected chi connectivity index (χ3v) is 3.53. The van der Waals surface area contributed by atoms with Gasteiger partial charge in [-0.25, -0.2) is 8.42 Å². The van der Waals surface area contributed by atoms with Crippen molar-refractivity contribution >= 4 is 9.84 Å². The normalized spacial score (nSPS) is 38.2. The standard InChI is InChI=1S/C5H11NO3S/c6-1-4-2-10(8,9)3-5(4)7/h4-5,7H,1-3,6H2. The Balaban J connectivity index is 2.71. The number of sulfone groups is 1. The molecule has 1 saturated heterocycles. The topological polar surface area (TPSA) is 80.4 Å². The first kappa shape index (κ1) is 7.97. The molecule has 0 aromatic rings. The third kappa shape index (κ3) is 1.47. The van der Waals surface area contributed by atoms with Crippen LogP contribution in [0.25, 0.3) is 0 Å². The van der Waals surface area contributed by atoms with E-state index in [2.05, 4.69) is 0 Å². The second-order valence-corrected chi connectivity index (χ2v) is 4.79. The average molecular weight is 165 g/mol. The monoisotopic (exact) mass is 165 g/mol. The highest BCUT2D eigenvalue weighted by atomic mass is 32.2. The lowest BCUT2D eigenvalue weighted by Gasteiger charge is -2.06. The van der Waals surface area contributed by atoms with E-state index in [0.29, 0.717) is 0 Å². The molecule has 2 unspecified atom stereocenters. The van der Waals surface area contributed by atoms with Gasteiger partial charge in [0.25, 0.3) is 0 Å². The van der Waals surface area contributed by atoms with Gasteiger partial charge in [0.1, 0.15) is 0 Å². The Bertz CT molecular complexity index is 211. The Morgan fingerprint density at radius 2 is 2.10 bits per heavy atom. The van der Waals surface area contributed by atoms with Gasteiger partial charge in [-0.2, -0.15) is 0 Å². The van der Waals surface area contributed by atoms with Crippen molar-refractivity contribution in [1.82, 2.24) is 0 Å². The molecule has 0 aromatic carbocycles. The Labute approximate surface area is 60.0 Å². The molecule has 1 aliphatic rings. The first-order chi connectivity index (χ1) is 4.55. The van der Waals surface area contributed by atoms with Crippen molar-refractivity contribution in [2.24, 2.45) is 11.7 Å². The lowest BCUT2D eigenvalue weighted by molar-refractivity contribution is 0.153. The minimum absolute atomic E-state index is 0.0463. The Kier molecular flexibility index (Phi) is 1.98. The number of aliphatic hydroxyl groups excluding tert-OH is 1. The van der Waals surface area contributed by atoms with Gasteiger partial charge in [-0.15, -0.1) is 0 Å². The fourth-order valence-corrected chi connectivity index (χ4v) is 3.07. The van der Waals surface area contributed by atoms with Crippen LogP contribution in [0.4, 0.5) is 0 Å². The van der Waals surface area contributed by atoms with Gasteiger partial charge in [0.2, 0.25) is 0 Å². The summed E-state index contributed by atoms with van der Waals surface area (Å²) in [6.07, 6.45) is -0.741. The molecule has 0 radical (unpaired) electrons. The zero-order valence-electron chi connectivity index (χ0n) is 5.53. The maximum Gasteiger partial charge on any atom is 0.153 e. The molecule has 1 fully saturated rings. The number of rotatable bonds is 1. The van der Waals surface area contributed by atoms with Crippen molar-refractivity contribution < 1.29 is 13.5 Å². The van der Waals surface area contributed by atoms with E-state index < -0.39 is 15.9 Å². The van der Waals surface area contributed by atoms with Crippen LogP contribution in [0.3, 0.4) is 0 Å². The van der Waals surface area contributed by atoms with Crippen LogP contribution >= 0.6 is 0 Å². The molecule has 0 saturated carbocycles. The van der Waals surface area contributed by atoms with Crippen LogP contribution in [-0.2, 0) is 9.84 Å². The molecule has 1 rings (SSSR count). The predicted octanol–water partition coefficient (Wildman–Crippen LogP) is -1.65. The van der Waals surface area contributed by atoms with Gasteiger partial charge in [0, 0.05) is 5.92 Å². The Hall–Kier alpha value is -0.130. The van der Waals surface area contributed by atoms with Crippen LogP contribution < -0.4 is 5.73 Å². The van der Waals surface area contributed by atoms with Crippen LogP contribution in [0.15, 0.2) is 0 Å². The summed E-state index contributed by atoms with van der Waals surface area (Å²) >= 11 is 0. The molecular formula is C5H11NO3S. The molecule has 10 heavy (non-hydrogen) atoms. The highest BCUT2D eigenvalue weighted by Crippen LogP contribution is 2.17. The van der Waals surface area contributed by atoms with Crippen LogP contribution in [-0.4, -0.2) is 37.7 Å². The summed E-state index contributed by atoms with van der Waals surface area (Å²) in [5, 5.41) is 9.07. The van der Waals surface area contributed by atoms with Gasteiger partial charge >= 0.3 is 0 Å². The van der Waals surface area contributed by atoms with Gasteiger partial charge in [-0.1, -0.05) is 0 Å². The molecule has 0 aromatic heterocycles. The van der Waals surface area contributed by atoms with E-state index in [4.69, 9.17) is 10.8 Å². The molecule has 1 aliphatic heterocycles. The summed E-state index contributed by atoms with van der Waals surface area (Å²) < 4.78 is 21.6. The number of aliphatic hydroxyl groups is 1. The fourth-order valence-electron chi connectivity index (χ4n) is 1.13. The fraction of sp³-hybridized carbons (Fsp3) is 1.00. The van der Waals surface area contributed by atoms with E-state index in [1.54, 1.807) is 0 Å². The van der Waals surface area contributed by atoms with Crippen LogP contribution in [0.2, 0.25) is 0 Å². The summed E-state index contributed by atoms with van der Waals surface area (Å²) in [6.45, 7) is 0.250. The molecule has 2 atom stereocenters. The molecule has 4 nitrogen and oxygen atoms in total. The first-order valence-electron chi connectivity index (χ1n) is 3.14. The van der Waals surface area contributed by atoms with Crippen molar-refractivity contribution in [3.63, 3.8) is 0 Å². The van der Waals surface area contributed by atoms with Crippen molar-refractivity contribution in [3.8, 4) is 0 Å². The van der Waals surface area contributed by atoms with E-state index >= 15 is 0 Å². The van der Waals surface area contributed by atoms with Gasteiger partial charge in [0.05, 0.1) is 17.6 Å². The van der Waals surface area contributed by atoms with E-state index in [9.17, 15) is 8.42 Å². The zero-order chi connectivity index (χ0) is 7.78. The zero-order valence-corrected chi connectivity index (χ0v) is 6.34. The van der Waals surface area contributed by atoms with Gasteiger partial charge in [0.15, 0.2) is 9.84 Å². The summed E-state index contributed by atoms with van der Waals surface area (Å²) in [5.74, 6) is -0.315. The van der Waals surface area contributed by atoms with Crippen molar-refractivity contribution in [3.05, 3.63) is 0 Å². The maximum atomic E-state index is 10.8. The quantitative estimate of drug-likeness (QED) is 0.488. The van der Waals surface area contributed by atoms with E-state index in [-0.39, 0.29) is 24.0 Å². The number of nitrogens with two attached hydrogens (primary N) is 1. The smallest absolute Gasteiger partial charge is 0.153 e. The highest BCUT2D eigenvalue weighted by molar-refractivity contribution is 7.91. The van der Waals surface area contributed by atoms with Crippen molar-refractivity contribution in [2.45, 2.75) is 6.10 Å². The Morgan fingerprint density at radius 1 is 1.50 bits per heavy atom. The second kappa shape index (κ2) is 2.48. The Morgan fingerprint density at radius 3 is 2.30 bits per heavy atom. The molecular weight excluding hydrogens is 154 g/mol. The minimum atomic E-state index is -2.99. The lowest BCUT2D eigenvalue weighted by Crippen LogP contribution is -2.25. The predicted molar refractivity (Wildman–Crippen MR) is 37.2 cm³/mol. The summed E-state index contributed by atoms with van der Waals surface area (Å²) in [6, 6.07) is 0. The molecule has 0 spiro atoms. The van der Waals surface area contributed by atoms with Crippen molar-refractivity contribution in [1.29, 1.82) is 0 Å². The third-order valence-electron chi connectivity index (χ3n) is 1.74. The van der Waals surface area contributed by atoms with Crippen LogP contribution in [0.1, 0.15) is 0 Å². The van der Waals surface area contributed by atoms with E-state index in [1.807, 2.05) is 0 Å². The SMILES string of the molecule is NCC1CS(=O)(=O)CC1O. The summed E-state index contributed by atoms with van der Waals surface area (Å²) in [7, 11) is -2.99.